The average Bonchev–Trinajstić information content (AvgIpc) is 2.80. The zero-order valence-electron chi connectivity index (χ0n) is 9.70. The molecule has 0 aliphatic heterocycles. The van der Waals surface area contributed by atoms with Gasteiger partial charge in [-0.1, -0.05) is 6.42 Å². The Balaban J connectivity index is 2.07. The summed E-state index contributed by atoms with van der Waals surface area (Å²) in [5.74, 6) is 0.362. The second kappa shape index (κ2) is 4.73. The number of sulfone groups is 1. The Morgan fingerprint density at radius 1 is 1.53 bits per heavy atom. The molecule has 1 heterocycles. The maximum absolute atomic E-state index is 11.5. The van der Waals surface area contributed by atoms with Gasteiger partial charge < -0.3 is 5.11 Å². The first-order valence-corrected chi connectivity index (χ1v) is 7.66. The normalized spacial score (nSPS) is 27.9. The van der Waals surface area contributed by atoms with Gasteiger partial charge in [0.05, 0.1) is 5.25 Å². The Bertz CT molecular complexity index is 457. The van der Waals surface area contributed by atoms with Gasteiger partial charge in [0.1, 0.15) is 22.3 Å². The van der Waals surface area contributed by atoms with Crippen molar-refractivity contribution in [1.82, 2.24) is 15.2 Å². The minimum absolute atomic E-state index is 0.0589. The minimum Gasteiger partial charge on any atom is -0.385 e. The molecule has 1 fully saturated rings. The summed E-state index contributed by atoms with van der Waals surface area (Å²) in [6.45, 7) is 0. The highest BCUT2D eigenvalue weighted by atomic mass is 32.2. The molecular weight excluding hydrogens is 242 g/mol. The number of aliphatic hydroxyl groups is 1. The Morgan fingerprint density at radius 3 is 2.88 bits per heavy atom. The van der Waals surface area contributed by atoms with Crippen LogP contribution < -0.4 is 0 Å². The highest BCUT2D eigenvalue weighted by Gasteiger charge is 2.33. The fourth-order valence-electron chi connectivity index (χ4n) is 2.44. The Morgan fingerprint density at radius 2 is 2.29 bits per heavy atom. The lowest BCUT2D eigenvalue weighted by Crippen LogP contribution is -2.30. The van der Waals surface area contributed by atoms with E-state index >= 15 is 0 Å². The molecule has 0 amide bonds. The lowest BCUT2D eigenvalue weighted by atomic mass is 9.84. The van der Waals surface area contributed by atoms with E-state index in [0.717, 1.165) is 12.8 Å². The molecule has 0 radical (unpaired) electrons. The Hall–Kier alpha value is -0.950. The van der Waals surface area contributed by atoms with Crippen LogP contribution in [-0.2, 0) is 9.84 Å². The minimum atomic E-state index is -3.02. The van der Waals surface area contributed by atoms with Crippen LogP contribution in [0.5, 0.6) is 0 Å². The van der Waals surface area contributed by atoms with Crippen LogP contribution in [0.25, 0.3) is 0 Å². The Labute approximate surface area is 100 Å². The quantitative estimate of drug-likeness (QED) is 0.821. The molecule has 1 aliphatic carbocycles. The molecule has 1 aromatic heterocycles. The van der Waals surface area contributed by atoms with Crippen molar-refractivity contribution >= 4 is 9.84 Å². The van der Waals surface area contributed by atoms with E-state index in [-0.39, 0.29) is 11.2 Å². The summed E-state index contributed by atoms with van der Waals surface area (Å²) < 4.78 is 23.0. The van der Waals surface area contributed by atoms with Gasteiger partial charge in [0, 0.05) is 6.26 Å². The van der Waals surface area contributed by atoms with Crippen molar-refractivity contribution < 1.29 is 13.5 Å². The molecule has 0 saturated heterocycles. The first-order valence-electron chi connectivity index (χ1n) is 5.70. The third-order valence-corrected chi connectivity index (χ3v) is 5.07. The number of H-pyrrole nitrogens is 1. The zero-order chi connectivity index (χ0) is 12.5. The highest BCUT2D eigenvalue weighted by Crippen LogP contribution is 2.35. The molecule has 3 unspecified atom stereocenters. The molecule has 1 aliphatic rings. The number of nitrogens with one attached hydrogen (secondary N) is 1. The van der Waals surface area contributed by atoms with Crippen molar-refractivity contribution in [2.75, 3.05) is 6.26 Å². The lowest BCUT2D eigenvalue weighted by molar-refractivity contribution is 0.0783. The maximum atomic E-state index is 11.5. The molecule has 1 aromatic rings. The summed E-state index contributed by atoms with van der Waals surface area (Å²) in [5, 5.41) is 16.1. The average molecular weight is 259 g/mol. The highest BCUT2D eigenvalue weighted by molar-refractivity contribution is 7.91. The summed E-state index contributed by atoms with van der Waals surface area (Å²) in [4.78, 5) is 3.91. The number of hydrogen-bond acceptors (Lipinski definition) is 5. The van der Waals surface area contributed by atoms with E-state index in [4.69, 9.17) is 0 Å². The van der Waals surface area contributed by atoms with Crippen LogP contribution in [0.3, 0.4) is 0 Å². The summed E-state index contributed by atoms with van der Waals surface area (Å²) in [5.41, 5.74) is 0. The predicted octanol–water partition coefficient (Wildman–Crippen LogP) is 0.441. The largest absolute Gasteiger partial charge is 0.385 e. The fourth-order valence-corrected chi connectivity index (χ4v) is 3.63. The van der Waals surface area contributed by atoms with E-state index in [9.17, 15) is 13.5 Å². The molecule has 6 nitrogen and oxygen atoms in total. The van der Waals surface area contributed by atoms with Crippen LogP contribution in [0.1, 0.15) is 37.6 Å². The standard InChI is InChI=1S/C10H17N3O3S/c1-17(15,16)8-4-2-3-7(5-8)9(14)10-11-6-12-13-10/h6-9,14H,2-5H2,1H3,(H,11,12,13). The van der Waals surface area contributed by atoms with Crippen LogP contribution in [0.15, 0.2) is 6.33 Å². The second-order valence-corrected chi connectivity index (χ2v) is 7.02. The van der Waals surface area contributed by atoms with E-state index in [2.05, 4.69) is 15.2 Å². The molecule has 96 valence electrons. The lowest BCUT2D eigenvalue weighted by Gasteiger charge is -2.30. The van der Waals surface area contributed by atoms with Crippen LogP contribution in [-0.4, -0.2) is 40.2 Å². The number of hydrogen-bond donors (Lipinski definition) is 2. The fraction of sp³-hybridized carbons (Fsp3) is 0.800. The number of aromatic amines is 1. The maximum Gasteiger partial charge on any atom is 0.153 e. The number of rotatable bonds is 3. The van der Waals surface area contributed by atoms with E-state index < -0.39 is 15.9 Å². The monoisotopic (exact) mass is 259 g/mol. The van der Waals surface area contributed by atoms with Gasteiger partial charge in [0.15, 0.2) is 5.82 Å². The van der Waals surface area contributed by atoms with Crippen molar-refractivity contribution in [3.05, 3.63) is 12.2 Å². The third-order valence-electron chi connectivity index (χ3n) is 3.43. The van der Waals surface area contributed by atoms with E-state index in [1.807, 2.05) is 0 Å². The van der Waals surface area contributed by atoms with Gasteiger partial charge in [-0.05, 0) is 25.2 Å². The summed E-state index contributed by atoms with van der Waals surface area (Å²) in [7, 11) is -3.02. The molecular formula is C10H17N3O3S. The second-order valence-electron chi connectivity index (χ2n) is 4.69. The summed E-state index contributed by atoms with van der Waals surface area (Å²) >= 11 is 0. The number of aromatic nitrogens is 3. The molecule has 7 heteroatoms. The molecule has 0 spiro atoms. The zero-order valence-corrected chi connectivity index (χ0v) is 10.5. The van der Waals surface area contributed by atoms with Gasteiger partial charge in [0.2, 0.25) is 0 Å². The van der Waals surface area contributed by atoms with E-state index in [1.165, 1.54) is 12.6 Å². The molecule has 17 heavy (non-hydrogen) atoms. The SMILES string of the molecule is CS(=O)(=O)C1CCCC(C(O)c2ncn[nH]2)C1. The molecule has 2 N–H and O–H groups in total. The van der Waals surface area contributed by atoms with Crippen LogP contribution in [0.4, 0.5) is 0 Å². The van der Waals surface area contributed by atoms with Crippen molar-refractivity contribution in [3.63, 3.8) is 0 Å². The van der Waals surface area contributed by atoms with Crippen molar-refractivity contribution in [2.45, 2.75) is 37.0 Å². The van der Waals surface area contributed by atoms with Crippen molar-refractivity contribution in [3.8, 4) is 0 Å². The smallest absolute Gasteiger partial charge is 0.153 e. The number of aliphatic hydroxyl groups excluding tert-OH is 1. The van der Waals surface area contributed by atoms with Gasteiger partial charge in [-0.25, -0.2) is 13.4 Å². The molecule has 1 saturated carbocycles. The molecule has 3 atom stereocenters. The molecule has 0 aromatic carbocycles. The van der Waals surface area contributed by atoms with E-state index in [0.29, 0.717) is 18.7 Å². The van der Waals surface area contributed by atoms with Gasteiger partial charge >= 0.3 is 0 Å². The van der Waals surface area contributed by atoms with Crippen molar-refractivity contribution in [2.24, 2.45) is 5.92 Å². The summed E-state index contributed by atoms with van der Waals surface area (Å²) in [6.07, 6.45) is 4.71. The van der Waals surface area contributed by atoms with Crippen LogP contribution >= 0.6 is 0 Å². The summed E-state index contributed by atoms with van der Waals surface area (Å²) in [6, 6.07) is 0. The van der Waals surface area contributed by atoms with Gasteiger partial charge in [-0.2, -0.15) is 5.10 Å². The molecule has 0 bridgehead atoms. The topological polar surface area (TPSA) is 95.9 Å². The van der Waals surface area contributed by atoms with Crippen molar-refractivity contribution in [1.29, 1.82) is 0 Å². The van der Waals surface area contributed by atoms with Gasteiger partial charge in [0.25, 0.3) is 0 Å². The first-order chi connectivity index (χ1) is 7.98. The van der Waals surface area contributed by atoms with Crippen LogP contribution in [0.2, 0.25) is 0 Å². The van der Waals surface area contributed by atoms with Crippen LogP contribution in [0, 0.1) is 5.92 Å². The first kappa shape index (κ1) is 12.5. The number of nitrogens with zero attached hydrogens (tertiary/aromatic N) is 2. The Kier molecular flexibility index (Phi) is 3.48. The predicted molar refractivity (Wildman–Crippen MR) is 61.9 cm³/mol. The van der Waals surface area contributed by atoms with Gasteiger partial charge in [-0.15, -0.1) is 0 Å². The molecule has 2 rings (SSSR count). The van der Waals surface area contributed by atoms with E-state index in [1.54, 1.807) is 0 Å². The van der Waals surface area contributed by atoms with Gasteiger partial charge in [-0.3, -0.25) is 5.10 Å². The third kappa shape index (κ3) is 2.84.